The molecule has 3 aromatic rings. The van der Waals surface area contributed by atoms with Gasteiger partial charge in [-0.2, -0.15) is 0 Å². The Morgan fingerprint density at radius 1 is 1.07 bits per heavy atom. The van der Waals surface area contributed by atoms with Gasteiger partial charge in [-0.25, -0.2) is 9.78 Å². The highest BCUT2D eigenvalue weighted by Gasteiger charge is 2.16. The Hall–Kier alpha value is -3.19. The molecule has 0 radical (unpaired) electrons. The lowest BCUT2D eigenvalue weighted by Gasteiger charge is -2.34. The lowest BCUT2D eigenvalue weighted by atomic mass is 10.1. The number of rotatable bonds is 3. The molecule has 4 rings (SSSR count). The third kappa shape index (κ3) is 3.61. The van der Waals surface area contributed by atoms with E-state index in [-0.39, 0.29) is 5.56 Å². The first-order valence-corrected chi connectivity index (χ1v) is 9.62. The highest BCUT2D eigenvalue weighted by atomic mass is 16.5. The average Bonchev–Trinajstić information content (AvgIpc) is 2.74. The number of carbonyl (C=O) groups excluding carboxylic acids is 1. The van der Waals surface area contributed by atoms with Crippen molar-refractivity contribution in [1.29, 1.82) is 0 Å². The summed E-state index contributed by atoms with van der Waals surface area (Å²) in [6, 6.07) is 11.0. The molecule has 150 valence electrons. The number of nitrogens with zero attached hydrogens (tertiary/aromatic N) is 4. The molecule has 1 saturated heterocycles. The standard InChI is InChI=1S/C22H24N4O3/c1-15-4-5-16(22(28)29-3)12-20(15)26-14-23-19-7-6-17(13-18(19)21(26)27)25-10-8-24(2)9-11-25/h4-7,12-14H,8-11H2,1-3H3. The number of anilines is 1. The molecule has 0 amide bonds. The Morgan fingerprint density at radius 2 is 1.83 bits per heavy atom. The van der Waals surface area contributed by atoms with Crippen molar-refractivity contribution in [2.75, 3.05) is 45.2 Å². The topological polar surface area (TPSA) is 67.7 Å². The van der Waals surface area contributed by atoms with E-state index in [1.54, 1.807) is 18.2 Å². The molecule has 0 spiro atoms. The molecule has 0 N–H and O–H groups in total. The smallest absolute Gasteiger partial charge is 0.337 e. The predicted molar refractivity (Wildman–Crippen MR) is 113 cm³/mol. The van der Waals surface area contributed by atoms with Gasteiger partial charge in [0.15, 0.2) is 0 Å². The number of benzene rings is 2. The van der Waals surface area contributed by atoms with Gasteiger partial charge in [0.25, 0.3) is 5.56 Å². The van der Waals surface area contributed by atoms with Gasteiger partial charge in [-0.3, -0.25) is 9.36 Å². The van der Waals surface area contributed by atoms with Crippen LogP contribution in [-0.4, -0.2) is 60.8 Å². The van der Waals surface area contributed by atoms with E-state index in [4.69, 9.17) is 4.74 Å². The van der Waals surface area contributed by atoms with Crippen LogP contribution < -0.4 is 10.5 Å². The predicted octanol–water partition coefficient (Wildman–Crippen LogP) is 2.23. The third-order valence-corrected chi connectivity index (χ3v) is 5.50. The summed E-state index contributed by atoms with van der Waals surface area (Å²) in [6.07, 6.45) is 1.52. The number of esters is 1. The van der Waals surface area contributed by atoms with Gasteiger partial charge in [-0.05, 0) is 49.9 Å². The van der Waals surface area contributed by atoms with E-state index in [1.165, 1.54) is 18.0 Å². The minimum Gasteiger partial charge on any atom is -0.465 e. The highest BCUT2D eigenvalue weighted by molar-refractivity contribution is 5.90. The lowest BCUT2D eigenvalue weighted by Crippen LogP contribution is -2.44. The first kappa shape index (κ1) is 19.1. The summed E-state index contributed by atoms with van der Waals surface area (Å²) < 4.78 is 6.30. The molecule has 2 aromatic carbocycles. The van der Waals surface area contributed by atoms with Crippen molar-refractivity contribution < 1.29 is 9.53 Å². The Morgan fingerprint density at radius 3 is 2.55 bits per heavy atom. The van der Waals surface area contributed by atoms with Gasteiger partial charge in [0, 0.05) is 31.9 Å². The number of aromatic nitrogens is 2. The van der Waals surface area contributed by atoms with Crippen molar-refractivity contribution in [3.05, 3.63) is 64.2 Å². The number of piperazine rings is 1. The van der Waals surface area contributed by atoms with Crippen molar-refractivity contribution >= 4 is 22.6 Å². The normalized spacial score (nSPS) is 14.9. The summed E-state index contributed by atoms with van der Waals surface area (Å²) in [6.45, 7) is 5.74. The van der Waals surface area contributed by atoms with Crippen LogP contribution in [0.3, 0.4) is 0 Å². The molecule has 29 heavy (non-hydrogen) atoms. The molecule has 0 aliphatic carbocycles. The van der Waals surface area contributed by atoms with Gasteiger partial charge >= 0.3 is 5.97 Å². The molecular weight excluding hydrogens is 368 g/mol. The first-order chi connectivity index (χ1) is 14.0. The number of fused-ring (bicyclic) bond motifs is 1. The lowest BCUT2D eigenvalue weighted by molar-refractivity contribution is 0.0600. The number of methoxy groups -OCH3 is 1. The number of likely N-dealkylation sites (N-methyl/N-ethyl adjacent to an activating group) is 1. The largest absolute Gasteiger partial charge is 0.465 e. The maximum atomic E-state index is 13.3. The van der Waals surface area contributed by atoms with E-state index in [0.717, 1.165) is 37.4 Å². The maximum Gasteiger partial charge on any atom is 0.337 e. The molecule has 0 atom stereocenters. The summed E-state index contributed by atoms with van der Waals surface area (Å²) in [5.74, 6) is -0.439. The molecule has 1 aliphatic rings. The van der Waals surface area contributed by atoms with Crippen molar-refractivity contribution in [2.45, 2.75) is 6.92 Å². The zero-order valence-corrected chi connectivity index (χ0v) is 16.9. The monoisotopic (exact) mass is 392 g/mol. The summed E-state index contributed by atoms with van der Waals surface area (Å²) in [5.41, 5.74) is 3.42. The van der Waals surface area contributed by atoms with E-state index in [9.17, 15) is 9.59 Å². The molecule has 1 fully saturated rings. The molecule has 1 aliphatic heterocycles. The minimum atomic E-state index is -0.439. The highest BCUT2D eigenvalue weighted by Crippen LogP contribution is 2.21. The minimum absolute atomic E-state index is 0.156. The van der Waals surface area contributed by atoms with Gasteiger partial charge < -0.3 is 14.5 Å². The molecule has 0 saturated carbocycles. The summed E-state index contributed by atoms with van der Waals surface area (Å²) >= 11 is 0. The zero-order valence-electron chi connectivity index (χ0n) is 16.9. The molecule has 7 heteroatoms. The van der Waals surface area contributed by atoms with Crippen LogP contribution in [0.5, 0.6) is 0 Å². The summed E-state index contributed by atoms with van der Waals surface area (Å²) in [7, 11) is 3.45. The van der Waals surface area contributed by atoms with Crippen molar-refractivity contribution in [3.63, 3.8) is 0 Å². The SMILES string of the molecule is COC(=O)c1ccc(C)c(-n2cnc3ccc(N4CCN(C)CC4)cc3c2=O)c1. The fraction of sp³-hybridized carbons (Fsp3) is 0.318. The molecular formula is C22H24N4O3. The molecule has 0 bridgehead atoms. The van der Waals surface area contributed by atoms with Gasteiger partial charge in [-0.15, -0.1) is 0 Å². The number of carbonyl (C=O) groups is 1. The second-order valence-corrected chi connectivity index (χ2v) is 7.40. The van der Waals surface area contributed by atoms with Crippen LogP contribution >= 0.6 is 0 Å². The molecule has 0 unspecified atom stereocenters. The van der Waals surface area contributed by atoms with Crippen LogP contribution in [0, 0.1) is 6.92 Å². The van der Waals surface area contributed by atoms with E-state index >= 15 is 0 Å². The second-order valence-electron chi connectivity index (χ2n) is 7.40. The summed E-state index contributed by atoms with van der Waals surface area (Å²) in [5, 5.41) is 0.562. The van der Waals surface area contributed by atoms with E-state index < -0.39 is 5.97 Å². The molecule has 1 aromatic heterocycles. The average molecular weight is 392 g/mol. The van der Waals surface area contributed by atoms with Crippen LogP contribution in [0.25, 0.3) is 16.6 Å². The maximum absolute atomic E-state index is 13.3. The first-order valence-electron chi connectivity index (χ1n) is 9.62. The van der Waals surface area contributed by atoms with Crippen LogP contribution in [0.4, 0.5) is 5.69 Å². The number of aryl methyl sites for hydroxylation is 1. The van der Waals surface area contributed by atoms with E-state index in [1.807, 2.05) is 25.1 Å². The van der Waals surface area contributed by atoms with Crippen molar-refractivity contribution in [1.82, 2.24) is 14.5 Å². The Balaban J connectivity index is 1.80. The van der Waals surface area contributed by atoms with E-state index in [0.29, 0.717) is 22.2 Å². The Kier molecular flexibility index (Phi) is 5.07. The van der Waals surface area contributed by atoms with Crippen molar-refractivity contribution in [3.8, 4) is 5.69 Å². The fourth-order valence-corrected chi connectivity index (χ4v) is 3.66. The number of ether oxygens (including phenoxy) is 1. The van der Waals surface area contributed by atoms with E-state index in [2.05, 4.69) is 21.8 Å². The third-order valence-electron chi connectivity index (χ3n) is 5.50. The number of hydrogen-bond donors (Lipinski definition) is 0. The van der Waals surface area contributed by atoms with Crippen LogP contribution in [-0.2, 0) is 4.74 Å². The van der Waals surface area contributed by atoms with Crippen molar-refractivity contribution in [2.24, 2.45) is 0 Å². The van der Waals surface area contributed by atoms with Gasteiger partial charge in [0.1, 0.15) is 6.33 Å². The summed E-state index contributed by atoms with van der Waals surface area (Å²) in [4.78, 5) is 34.3. The Labute approximate surface area is 169 Å². The van der Waals surface area contributed by atoms with Crippen LogP contribution in [0.2, 0.25) is 0 Å². The molecule has 7 nitrogen and oxygen atoms in total. The van der Waals surface area contributed by atoms with Crippen LogP contribution in [0.1, 0.15) is 15.9 Å². The van der Waals surface area contributed by atoms with Crippen LogP contribution in [0.15, 0.2) is 47.5 Å². The quantitative estimate of drug-likeness (QED) is 0.637. The molecule has 2 heterocycles. The Bertz CT molecular complexity index is 1130. The van der Waals surface area contributed by atoms with Gasteiger partial charge in [-0.1, -0.05) is 6.07 Å². The zero-order chi connectivity index (χ0) is 20.5. The second kappa shape index (κ2) is 7.67. The van der Waals surface area contributed by atoms with Gasteiger partial charge in [0.05, 0.1) is 29.3 Å². The van der Waals surface area contributed by atoms with Gasteiger partial charge in [0.2, 0.25) is 0 Å². The number of hydrogen-bond acceptors (Lipinski definition) is 6. The fourth-order valence-electron chi connectivity index (χ4n) is 3.66.